The number of ether oxygens (including phenoxy) is 2. The van der Waals surface area contributed by atoms with Crippen molar-refractivity contribution < 1.29 is 37.9 Å². The predicted molar refractivity (Wildman–Crippen MR) is 241 cm³/mol. The van der Waals surface area contributed by atoms with E-state index >= 15 is 0 Å². The maximum atomic E-state index is 12.6. The topological polar surface area (TPSA) is 195 Å². The van der Waals surface area contributed by atoms with Gasteiger partial charge >= 0.3 is 12.2 Å². The number of nitrogens with zero attached hydrogens (tertiary/aromatic N) is 9. The quantitative estimate of drug-likeness (QED) is 0.0499. The van der Waals surface area contributed by atoms with E-state index in [4.69, 9.17) is 33.5 Å². The molecule has 2 amide bonds. The summed E-state index contributed by atoms with van der Waals surface area (Å²) in [5.41, 5.74) is 6.99. The molecule has 0 saturated heterocycles. The summed E-state index contributed by atoms with van der Waals surface area (Å²) in [4.78, 5) is 58.2. The maximum absolute atomic E-state index is 12.6. The Balaban J connectivity index is 0.000000189. The van der Waals surface area contributed by atoms with Gasteiger partial charge in [0.1, 0.15) is 45.8 Å². The first-order chi connectivity index (χ1) is 30.1. The van der Waals surface area contributed by atoms with Gasteiger partial charge in [-0.05, 0) is 90.2 Å². The number of aldehydes is 1. The molecule has 330 valence electrons. The molecule has 1 N–H and O–H groups in total. The normalized spacial score (nSPS) is 14.7. The van der Waals surface area contributed by atoms with Gasteiger partial charge in [0.05, 0.1) is 48.3 Å². The van der Waals surface area contributed by atoms with Gasteiger partial charge in [-0.25, -0.2) is 29.5 Å². The predicted octanol–water partition coefficient (Wildman–Crippen LogP) is 9.09. The van der Waals surface area contributed by atoms with E-state index in [-0.39, 0.29) is 17.9 Å². The highest BCUT2D eigenvalue weighted by Crippen LogP contribution is 2.32. The molecule has 6 aromatic rings. The van der Waals surface area contributed by atoms with Gasteiger partial charge in [-0.3, -0.25) is 13.6 Å². The monoisotopic (exact) mass is 895 g/mol. The average Bonchev–Trinajstić information content (AvgIpc) is 4.09. The molecule has 0 aliphatic carbocycles. The lowest BCUT2D eigenvalue weighted by atomic mass is 10.1. The van der Waals surface area contributed by atoms with Crippen LogP contribution in [-0.4, -0.2) is 118 Å². The summed E-state index contributed by atoms with van der Waals surface area (Å²) in [5, 5.41) is 13.3. The van der Waals surface area contributed by atoms with Crippen molar-refractivity contribution in [3.05, 3.63) is 84.5 Å². The van der Waals surface area contributed by atoms with Crippen LogP contribution in [0.1, 0.15) is 82.1 Å². The molecule has 0 unspecified atom stereocenters. The molecular formula is C44H49N9O8S2. The molecule has 0 radical (unpaired) electrons. The Kier molecular flexibility index (Phi) is 13.2. The summed E-state index contributed by atoms with van der Waals surface area (Å²) in [7, 11) is 0. The summed E-state index contributed by atoms with van der Waals surface area (Å²) in [6, 6.07) is 3.45. The molecule has 0 saturated carbocycles. The Morgan fingerprint density at radius 2 is 1.19 bits per heavy atom. The number of carbonyl (C=O) groups is 3. The highest BCUT2D eigenvalue weighted by atomic mass is 32.2. The molecule has 17 nitrogen and oxygen atoms in total. The fourth-order valence-electron chi connectivity index (χ4n) is 6.92. The SMILES string of the molecule is CSc1nc(C2=CCCN(C(=O)OC(C)(C)C)C2)cn2c(-c3coc(/C=N/O)c3)cnc12.CSc1nc(C2=CCCN(C(=O)OC(C)(C)C)C2)cn2c(-c3coc(C=O)c3)cnc12. The Hall–Kier alpha value is -6.34. The van der Waals surface area contributed by atoms with Gasteiger partial charge in [-0.1, -0.05) is 17.3 Å². The standard InChI is InChI=1S/C22H25N5O4S.C22H24N4O4S/c1-22(2,3)31-21(28)26-7-5-6-14(11-26)17-12-27-18(10-23-19(27)20(25-17)32-4)15-8-16(9-24-29)30-13-15;1-22(2,3)30-21(28)25-7-5-6-14(10-25)17-11-26-18(15-8-16(12-27)29-13-15)9-23-19(26)20(24-17)31-4/h6,8-10,12-13,29H,5,7,11H2,1-4H3;6,8-9,11-13H,5,7,10H2,1-4H3/b24-9+;. The minimum atomic E-state index is -0.544. The largest absolute Gasteiger partial charge is 0.463 e. The number of fused-ring (bicyclic) bond motifs is 2. The van der Waals surface area contributed by atoms with E-state index in [1.54, 1.807) is 40.6 Å². The second kappa shape index (κ2) is 18.6. The third-order valence-corrected chi connectivity index (χ3v) is 11.0. The first-order valence-electron chi connectivity index (χ1n) is 20.1. The van der Waals surface area contributed by atoms with Crippen LogP contribution in [0.2, 0.25) is 0 Å². The molecule has 8 rings (SSSR count). The van der Waals surface area contributed by atoms with E-state index in [1.807, 2.05) is 75.2 Å². The van der Waals surface area contributed by atoms with Gasteiger partial charge in [-0.2, -0.15) is 0 Å². The van der Waals surface area contributed by atoms with Crippen molar-refractivity contribution in [1.82, 2.24) is 38.5 Å². The van der Waals surface area contributed by atoms with Crippen LogP contribution in [0.3, 0.4) is 0 Å². The first-order valence-corrected chi connectivity index (χ1v) is 22.5. The Bertz CT molecular complexity index is 2750. The highest BCUT2D eigenvalue weighted by molar-refractivity contribution is 7.98. The molecular weight excluding hydrogens is 847 g/mol. The second-order valence-corrected chi connectivity index (χ2v) is 18.2. The van der Waals surface area contributed by atoms with Crippen molar-refractivity contribution >= 4 is 70.7 Å². The second-order valence-electron chi connectivity index (χ2n) is 16.6. The molecule has 63 heavy (non-hydrogen) atoms. The van der Waals surface area contributed by atoms with E-state index in [1.165, 1.54) is 36.0 Å². The van der Waals surface area contributed by atoms with E-state index in [2.05, 4.69) is 27.3 Å². The van der Waals surface area contributed by atoms with Crippen LogP contribution in [0.15, 0.2) is 85.6 Å². The molecule has 2 aliphatic heterocycles. The first kappa shape index (κ1) is 44.7. The Morgan fingerprint density at radius 3 is 1.59 bits per heavy atom. The van der Waals surface area contributed by atoms with E-state index in [9.17, 15) is 14.4 Å². The lowest BCUT2D eigenvalue weighted by Crippen LogP contribution is -2.39. The molecule has 2 aliphatic rings. The fourth-order valence-corrected chi connectivity index (χ4v) is 7.96. The summed E-state index contributed by atoms with van der Waals surface area (Å²) in [6.45, 7) is 13.2. The summed E-state index contributed by atoms with van der Waals surface area (Å²) >= 11 is 3.01. The highest BCUT2D eigenvalue weighted by Gasteiger charge is 2.28. The number of imidazole rings is 2. The zero-order valence-electron chi connectivity index (χ0n) is 36.3. The van der Waals surface area contributed by atoms with E-state index in [0.29, 0.717) is 38.2 Å². The van der Waals surface area contributed by atoms with E-state index in [0.717, 1.165) is 79.2 Å². The number of oxime groups is 1. The van der Waals surface area contributed by atoms with Crippen molar-refractivity contribution in [2.45, 2.75) is 75.6 Å². The van der Waals surface area contributed by atoms with Crippen molar-refractivity contribution in [3.63, 3.8) is 0 Å². The molecule has 0 bridgehead atoms. The molecule has 0 spiro atoms. The Labute approximate surface area is 372 Å². The van der Waals surface area contributed by atoms with Crippen LogP contribution in [-0.2, 0) is 9.47 Å². The van der Waals surface area contributed by atoms with E-state index < -0.39 is 11.2 Å². The Morgan fingerprint density at radius 1 is 0.746 bits per heavy atom. The van der Waals surface area contributed by atoms with Gasteiger partial charge in [-0.15, -0.1) is 23.5 Å². The number of aromatic nitrogens is 6. The van der Waals surface area contributed by atoms with Crippen LogP contribution in [0.25, 0.3) is 45.0 Å². The lowest BCUT2D eigenvalue weighted by Gasteiger charge is -2.30. The van der Waals surface area contributed by atoms with Crippen LogP contribution in [0.4, 0.5) is 9.59 Å². The van der Waals surface area contributed by atoms with Gasteiger partial charge in [0.2, 0.25) is 0 Å². The molecule has 19 heteroatoms. The zero-order chi connectivity index (χ0) is 45.1. The molecule has 0 aromatic carbocycles. The minimum absolute atomic E-state index is 0.257. The zero-order valence-corrected chi connectivity index (χ0v) is 38.0. The van der Waals surface area contributed by atoms with Crippen molar-refractivity contribution in [2.75, 3.05) is 38.7 Å². The lowest BCUT2D eigenvalue weighted by molar-refractivity contribution is 0.0262. The maximum Gasteiger partial charge on any atom is 0.410 e. The number of furan rings is 2. The van der Waals surface area contributed by atoms with Crippen LogP contribution >= 0.6 is 23.5 Å². The smallest absolute Gasteiger partial charge is 0.410 e. The van der Waals surface area contributed by atoms with Crippen LogP contribution in [0.5, 0.6) is 0 Å². The van der Waals surface area contributed by atoms with Crippen LogP contribution < -0.4 is 0 Å². The summed E-state index contributed by atoms with van der Waals surface area (Å²) < 4.78 is 25.7. The number of amides is 2. The minimum Gasteiger partial charge on any atom is -0.463 e. The number of hydrogen-bond donors (Lipinski definition) is 1. The van der Waals surface area contributed by atoms with Crippen molar-refractivity contribution in [1.29, 1.82) is 0 Å². The molecule has 8 heterocycles. The third kappa shape index (κ3) is 10.3. The van der Waals surface area contributed by atoms with Gasteiger partial charge in [0.15, 0.2) is 23.3 Å². The van der Waals surface area contributed by atoms with Gasteiger partial charge in [0, 0.05) is 36.6 Å². The number of rotatable bonds is 8. The number of thioether (sulfide) groups is 2. The summed E-state index contributed by atoms with van der Waals surface area (Å²) in [5.74, 6) is 0.687. The molecule has 0 fully saturated rings. The van der Waals surface area contributed by atoms with Crippen molar-refractivity contribution in [3.8, 4) is 22.5 Å². The number of carbonyl (C=O) groups excluding carboxylic acids is 3. The van der Waals surface area contributed by atoms with Gasteiger partial charge in [0.25, 0.3) is 0 Å². The molecule has 6 aromatic heterocycles. The fraction of sp³-hybridized carbons (Fsp3) is 0.364. The molecule has 0 atom stereocenters. The van der Waals surface area contributed by atoms with Crippen molar-refractivity contribution in [2.24, 2.45) is 5.16 Å². The third-order valence-electron chi connectivity index (χ3n) is 9.71. The average molecular weight is 896 g/mol. The number of hydrogen-bond acceptors (Lipinski definition) is 15. The summed E-state index contributed by atoms with van der Waals surface area (Å²) in [6.07, 6.45) is 21.3. The van der Waals surface area contributed by atoms with Crippen LogP contribution in [0, 0.1) is 0 Å². The van der Waals surface area contributed by atoms with Gasteiger partial charge < -0.3 is 33.3 Å².